The van der Waals surface area contributed by atoms with Crippen LogP contribution in [0.2, 0.25) is 0 Å². The predicted octanol–water partition coefficient (Wildman–Crippen LogP) is 5.85. The third-order valence-corrected chi connectivity index (χ3v) is 6.07. The number of hydrogen-bond donors (Lipinski definition) is 1. The molecule has 1 aliphatic rings. The largest absolute Gasteiger partial charge is 0.489 e. The van der Waals surface area contributed by atoms with Gasteiger partial charge in [0.05, 0.1) is 0 Å². The van der Waals surface area contributed by atoms with Crippen molar-refractivity contribution >= 4 is 23.5 Å². The Kier molecular flexibility index (Phi) is 6.06. The molecule has 1 saturated heterocycles. The van der Waals surface area contributed by atoms with Gasteiger partial charge in [-0.2, -0.15) is 0 Å². The van der Waals surface area contributed by atoms with E-state index in [1.807, 2.05) is 84.6 Å². The Morgan fingerprint density at radius 1 is 1.07 bits per heavy atom. The first-order chi connectivity index (χ1) is 14.2. The van der Waals surface area contributed by atoms with Gasteiger partial charge in [0.15, 0.2) is 0 Å². The molecule has 3 aromatic rings. The summed E-state index contributed by atoms with van der Waals surface area (Å²) in [4.78, 5) is 14.8. The minimum absolute atomic E-state index is 0.0138. The van der Waals surface area contributed by atoms with Gasteiger partial charge in [0, 0.05) is 18.0 Å². The van der Waals surface area contributed by atoms with E-state index in [2.05, 4.69) is 11.4 Å². The number of ether oxygens (including phenoxy) is 1. The van der Waals surface area contributed by atoms with Gasteiger partial charge >= 0.3 is 6.03 Å². The van der Waals surface area contributed by atoms with Gasteiger partial charge in [0.25, 0.3) is 0 Å². The maximum absolute atomic E-state index is 12.9. The molecule has 5 heteroatoms. The van der Waals surface area contributed by atoms with Crippen molar-refractivity contribution in [2.24, 2.45) is 0 Å². The standard InChI is InChI=1S/C24H24N2O2S/c1-18-7-5-11-21(15-18)25-24(27)26-13-14-29-23(26)20-10-6-12-22(16-20)28-17-19-8-3-2-4-9-19/h2-12,15-16,23H,13-14,17H2,1H3,(H,25,27)/t23-/m0/s1. The average Bonchev–Trinajstić information content (AvgIpc) is 3.23. The number of thioether (sulfide) groups is 1. The fraction of sp³-hybridized carbons (Fsp3) is 0.208. The number of carbonyl (C=O) groups is 1. The van der Waals surface area contributed by atoms with Gasteiger partial charge in [-0.15, -0.1) is 11.8 Å². The van der Waals surface area contributed by atoms with Gasteiger partial charge in [-0.1, -0.05) is 54.6 Å². The van der Waals surface area contributed by atoms with Crippen molar-refractivity contribution in [3.8, 4) is 5.75 Å². The van der Waals surface area contributed by atoms with E-state index in [0.29, 0.717) is 6.61 Å². The number of nitrogens with zero attached hydrogens (tertiary/aromatic N) is 1. The van der Waals surface area contributed by atoms with Crippen LogP contribution in [-0.2, 0) is 6.61 Å². The third kappa shape index (κ3) is 4.93. The van der Waals surface area contributed by atoms with Crippen molar-refractivity contribution < 1.29 is 9.53 Å². The van der Waals surface area contributed by atoms with Crippen LogP contribution in [0.5, 0.6) is 5.75 Å². The van der Waals surface area contributed by atoms with Gasteiger partial charge in [0.2, 0.25) is 0 Å². The SMILES string of the molecule is Cc1cccc(NC(=O)N2CCS[C@H]2c2cccc(OCc3ccccc3)c2)c1. The summed E-state index contributed by atoms with van der Waals surface area (Å²) >= 11 is 1.78. The molecule has 1 atom stereocenters. The van der Waals surface area contributed by atoms with Crippen LogP contribution in [0.25, 0.3) is 0 Å². The molecular formula is C24H24N2O2S. The average molecular weight is 405 g/mol. The zero-order valence-corrected chi connectivity index (χ0v) is 17.2. The highest BCUT2D eigenvalue weighted by Gasteiger charge is 2.31. The first-order valence-corrected chi connectivity index (χ1v) is 10.8. The summed E-state index contributed by atoms with van der Waals surface area (Å²) < 4.78 is 5.97. The number of carbonyl (C=O) groups excluding carboxylic acids is 1. The topological polar surface area (TPSA) is 41.6 Å². The molecule has 0 spiro atoms. The van der Waals surface area contributed by atoms with Crippen molar-refractivity contribution in [1.82, 2.24) is 4.90 Å². The minimum atomic E-state index is -0.0683. The van der Waals surface area contributed by atoms with Crippen LogP contribution in [0.15, 0.2) is 78.9 Å². The van der Waals surface area contributed by atoms with E-state index < -0.39 is 0 Å². The van der Waals surface area contributed by atoms with Crippen LogP contribution in [0.3, 0.4) is 0 Å². The number of amides is 2. The molecule has 1 fully saturated rings. The molecule has 0 bridgehead atoms. The van der Waals surface area contributed by atoms with Gasteiger partial charge in [-0.3, -0.25) is 0 Å². The summed E-state index contributed by atoms with van der Waals surface area (Å²) in [5.74, 6) is 1.74. The van der Waals surface area contributed by atoms with Crippen LogP contribution in [0.1, 0.15) is 22.1 Å². The smallest absolute Gasteiger partial charge is 0.323 e. The Bertz CT molecular complexity index is 977. The maximum atomic E-state index is 12.9. The quantitative estimate of drug-likeness (QED) is 0.580. The Hall–Kier alpha value is -2.92. The molecule has 2 amide bonds. The zero-order chi connectivity index (χ0) is 20.1. The molecular weight excluding hydrogens is 380 g/mol. The molecule has 29 heavy (non-hydrogen) atoms. The van der Waals surface area contributed by atoms with Crippen LogP contribution in [0.4, 0.5) is 10.5 Å². The van der Waals surface area contributed by atoms with Crippen LogP contribution < -0.4 is 10.1 Å². The van der Waals surface area contributed by atoms with E-state index in [9.17, 15) is 4.79 Å². The van der Waals surface area contributed by atoms with Crippen molar-refractivity contribution in [2.75, 3.05) is 17.6 Å². The molecule has 0 radical (unpaired) electrons. The van der Waals surface area contributed by atoms with Crippen molar-refractivity contribution in [3.05, 3.63) is 95.6 Å². The minimum Gasteiger partial charge on any atom is -0.489 e. The fourth-order valence-corrected chi connectivity index (χ4v) is 4.62. The summed E-state index contributed by atoms with van der Waals surface area (Å²) in [5, 5.41) is 3.01. The molecule has 1 aliphatic heterocycles. The number of hydrogen-bond acceptors (Lipinski definition) is 3. The molecule has 148 valence electrons. The molecule has 1 N–H and O–H groups in total. The predicted molar refractivity (Wildman–Crippen MR) is 119 cm³/mol. The fourth-order valence-electron chi connectivity index (χ4n) is 3.37. The lowest BCUT2D eigenvalue weighted by Crippen LogP contribution is -2.34. The lowest BCUT2D eigenvalue weighted by Gasteiger charge is -2.25. The highest BCUT2D eigenvalue weighted by atomic mass is 32.2. The summed E-state index contributed by atoms with van der Waals surface area (Å²) in [6.07, 6.45) is 0. The second-order valence-electron chi connectivity index (χ2n) is 7.06. The van der Waals surface area contributed by atoms with Crippen LogP contribution in [-0.4, -0.2) is 23.2 Å². The lowest BCUT2D eigenvalue weighted by molar-refractivity contribution is 0.214. The Morgan fingerprint density at radius 2 is 1.90 bits per heavy atom. The number of nitrogens with one attached hydrogen (secondary N) is 1. The highest BCUT2D eigenvalue weighted by Crippen LogP contribution is 2.39. The summed E-state index contributed by atoms with van der Waals surface area (Å²) in [7, 11) is 0. The van der Waals surface area contributed by atoms with E-state index in [0.717, 1.165) is 40.4 Å². The third-order valence-electron chi connectivity index (χ3n) is 4.81. The number of anilines is 1. The normalized spacial score (nSPS) is 15.9. The van der Waals surface area contributed by atoms with Crippen molar-refractivity contribution in [1.29, 1.82) is 0 Å². The van der Waals surface area contributed by atoms with Crippen LogP contribution >= 0.6 is 11.8 Å². The van der Waals surface area contributed by atoms with E-state index >= 15 is 0 Å². The van der Waals surface area contributed by atoms with Crippen molar-refractivity contribution in [3.63, 3.8) is 0 Å². The van der Waals surface area contributed by atoms with Gasteiger partial charge in [-0.05, 0) is 47.9 Å². The summed E-state index contributed by atoms with van der Waals surface area (Å²) in [5.41, 5.74) is 4.16. The van der Waals surface area contributed by atoms with E-state index in [4.69, 9.17) is 4.74 Å². The van der Waals surface area contributed by atoms with E-state index in [1.165, 1.54) is 0 Å². The zero-order valence-electron chi connectivity index (χ0n) is 16.4. The first kappa shape index (κ1) is 19.4. The molecule has 4 nitrogen and oxygen atoms in total. The number of benzene rings is 3. The number of aryl methyl sites for hydroxylation is 1. The summed E-state index contributed by atoms with van der Waals surface area (Å²) in [6, 6.07) is 26.0. The van der Waals surface area contributed by atoms with Crippen LogP contribution in [0, 0.1) is 6.92 Å². The second-order valence-corrected chi connectivity index (χ2v) is 8.25. The molecule has 0 unspecified atom stereocenters. The Morgan fingerprint density at radius 3 is 2.72 bits per heavy atom. The Balaban J connectivity index is 1.44. The van der Waals surface area contributed by atoms with E-state index in [-0.39, 0.29) is 11.4 Å². The molecule has 0 saturated carbocycles. The molecule has 0 aliphatic carbocycles. The number of rotatable bonds is 5. The molecule has 3 aromatic carbocycles. The van der Waals surface area contributed by atoms with Gasteiger partial charge < -0.3 is 15.0 Å². The Labute approximate surface area is 175 Å². The maximum Gasteiger partial charge on any atom is 0.323 e. The lowest BCUT2D eigenvalue weighted by atomic mass is 10.2. The monoisotopic (exact) mass is 404 g/mol. The second kappa shape index (κ2) is 9.05. The van der Waals surface area contributed by atoms with Gasteiger partial charge in [0.1, 0.15) is 17.7 Å². The molecule has 0 aromatic heterocycles. The van der Waals surface area contributed by atoms with Crippen molar-refractivity contribution in [2.45, 2.75) is 18.9 Å². The highest BCUT2D eigenvalue weighted by molar-refractivity contribution is 7.99. The van der Waals surface area contributed by atoms with Gasteiger partial charge in [-0.25, -0.2) is 4.79 Å². The molecule has 1 heterocycles. The molecule has 4 rings (SSSR count). The summed E-state index contributed by atoms with van der Waals surface area (Å²) in [6.45, 7) is 3.27. The number of urea groups is 1. The first-order valence-electron chi connectivity index (χ1n) is 9.71. The van der Waals surface area contributed by atoms with E-state index in [1.54, 1.807) is 11.8 Å².